The first kappa shape index (κ1) is 19.1. The number of guanidine groups is 1. The number of hydrogen-bond donors (Lipinski definition) is 3. The van der Waals surface area contributed by atoms with Crippen LogP contribution in [0.15, 0.2) is 4.99 Å². The highest BCUT2D eigenvalue weighted by Crippen LogP contribution is 2.04. The average molecular weight is 308 g/mol. The molecule has 20 heavy (non-hydrogen) atoms. The molecule has 0 spiro atoms. The summed E-state index contributed by atoms with van der Waals surface area (Å²) in [6.07, 6.45) is 1.14. The normalized spacial score (nSPS) is 13.3. The Morgan fingerprint density at radius 2 is 1.90 bits per heavy atom. The van der Waals surface area contributed by atoms with Crippen molar-refractivity contribution in [2.75, 3.05) is 39.1 Å². The van der Waals surface area contributed by atoms with Gasteiger partial charge in [-0.15, -0.1) is 0 Å². The van der Waals surface area contributed by atoms with E-state index >= 15 is 0 Å². The summed E-state index contributed by atoms with van der Waals surface area (Å²) in [7, 11) is -3.25. The van der Waals surface area contributed by atoms with Gasteiger partial charge in [-0.25, -0.2) is 13.1 Å². The Hall–Kier alpha value is -0.860. The van der Waals surface area contributed by atoms with Gasteiger partial charge in [0.05, 0.1) is 19.4 Å². The van der Waals surface area contributed by atoms with E-state index in [-0.39, 0.29) is 0 Å². The van der Waals surface area contributed by atoms with Crippen molar-refractivity contribution in [3.63, 3.8) is 0 Å². The molecule has 0 heterocycles. The second-order valence-corrected chi connectivity index (χ2v) is 6.83. The Bertz CT molecular complexity index is 394. The van der Waals surface area contributed by atoms with Crippen molar-refractivity contribution >= 4 is 16.0 Å². The summed E-state index contributed by atoms with van der Waals surface area (Å²) in [5.74, 6) is 0.649. The largest absolute Gasteiger partial charge is 0.380 e. The maximum Gasteiger partial charge on any atom is 0.209 e. The zero-order valence-corrected chi connectivity index (χ0v) is 13.9. The van der Waals surface area contributed by atoms with Crippen molar-refractivity contribution < 1.29 is 13.2 Å². The maximum atomic E-state index is 11.3. The molecule has 0 aliphatic heterocycles. The van der Waals surface area contributed by atoms with Crippen molar-refractivity contribution in [1.82, 2.24) is 15.4 Å². The Kier molecular flexibility index (Phi) is 8.75. The highest BCUT2D eigenvalue weighted by molar-refractivity contribution is 7.88. The molecule has 0 saturated heterocycles. The number of nitrogens with zero attached hydrogens (tertiary/aromatic N) is 1. The predicted octanol–water partition coefficient (Wildman–Crippen LogP) is -0.0942. The SMILES string of the molecule is CCNC(=NCC(C)(C)NS(C)(=O)=O)NCCOCC. The highest BCUT2D eigenvalue weighted by Gasteiger charge is 2.21. The van der Waals surface area contributed by atoms with Gasteiger partial charge in [0.1, 0.15) is 0 Å². The summed E-state index contributed by atoms with van der Waals surface area (Å²) in [6, 6.07) is 0. The van der Waals surface area contributed by atoms with Crippen LogP contribution < -0.4 is 15.4 Å². The molecule has 7 nitrogen and oxygen atoms in total. The molecule has 8 heteroatoms. The van der Waals surface area contributed by atoms with Gasteiger partial charge in [-0.2, -0.15) is 0 Å². The Morgan fingerprint density at radius 1 is 1.25 bits per heavy atom. The van der Waals surface area contributed by atoms with E-state index in [1.165, 1.54) is 0 Å². The summed E-state index contributed by atoms with van der Waals surface area (Å²) >= 11 is 0. The molecule has 0 fully saturated rings. The molecule has 0 aliphatic rings. The van der Waals surface area contributed by atoms with Gasteiger partial charge in [0, 0.05) is 25.2 Å². The van der Waals surface area contributed by atoms with E-state index in [0.29, 0.717) is 32.3 Å². The summed E-state index contributed by atoms with van der Waals surface area (Å²) in [4.78, 5) is 4.38. The van der Waals surface area contributed by atoms with Crippen LogP contribution in [-0.2, 0) is 14.8 Å². The van der Waals surface area contributed by atoms with Gasteiger partial charge in [0.15, 0.2) is 5.96 Å². The van der Waals surface area contributed by atoms with Crippen molar-refractivity contribution in [1.29, 1.82) is 0 Å². The minimum absolute atomic E-state index is 0.337. The lowest BCUT2D eigenvalue weighted by molar-refractivity contribution is 0.152. The lowest BCUT2D eigenvalue weighted by Gasteiger charge is -2.23. The summed E-state index contributed by atoms with van der Waals surface area (Å²) < 4.78 is 30.3. The minimum Gasteiger partial charge on any atom is -0.380 e. The summed E-state index contributed by atoms with van der Waals surface area (Å²) in [6.45, 7) is 10.5. The van der Waals surface area contributed by atoms with Crippen molar-refractivity contribution in [2.45, 2.75) is 33.2 Å². The van der Waals surface area contributed by atoms with Gasteiger partial charge in [-0.05, 0) is 27.7 Å². The van der Waals surface area contributed by atoms with Crippen molar-refractivity contribution in [3.05, 3.63) is 0 Å². The molecule has 3 N–H and O–H groups in total. The smallest absolute Gasteiger partial charge is 0.209 e. The predicted molar refractivity (Wildman–Crippen MR) is 82.5 cm³/mol. The molecule has 0 aromatic carbocycles. The van der Waals surface area contributed by atoms with Crippen LogP contribution in [0.4, 0.5) is 0 Å². The molecule has 0 aromatic heterocycles. The zero-order chi connectivity index (χ0) is 15.6. The maximum absolute atomic E-state index is 11.3. The van der Waals surface area contributed by atoms with Gasteiger partial charge < -0.3 is 15.4 Å². The van der Waals surface area contributed by atoms with Gasteiger partial charge in [0.2, 0.25) is 10.0 Å². The number of aliphatic imine (C=N–C) groups is 1. The lowest BCUT2D eigenvalue weighted by atomic mass is 10.1. The highest BCUT2D eigenvalue weighted by atomic mass is 32.2. The molecule has 0 bridgehead atoms. The van der Waals surface area contributed by atoms with E-state index in [0.717, 1.165) is 12.8 Å². The molecule has 120 valence electrons. The van der Waals surface area contributed by atoms with Crippen LogP contribution in [0.2, 0.25) is 0 Å². The standard InChI is InChI=1S/C12H28N4O3S/c1-6-13-11(14-8-9-19-7-2)15-10-12(3,4)16-20(5,17)18/h16H,6-10H2,1-5H3,(H2,13,14,15). The minimum atomic E-state index is -3.25. The van der Waals surface area contributed by atoms with Gasteiger partial charge in [0.25, 0.3) is 0 Å². The average Bonchev–Trinajstić information content (AvgIpc) is 2.28. The van der Waals surface area contributed by atoms with Crippen molar-refractivity contribution in [2.24, 2.45) is 4.99 Å². The van der Waals surface area contributed by atoms with E-state index in [1.807, 2.05) is 13.8 Å². The lowest BCUT2D eigenvalue weighted by Crippen LogP contribution is -2.47. The van der Waals surface area contributed by atoms with E-state index in [2.05, 4.69) is 20.3 Å². The molecule has 0 aromatic rings. The number of sulfonamides is 1. The third-order valence-corrected chi connectivity index (χ3v) is 3.10. The zero-order valence-electron chi connectivity index (χ0n) is 13.1. The second-order valence-electron chi connectivity index (χ2n) is 5.08. The molecule has 0 saturated carbocycles. The number of nitrogens with one attached hydrogen (secondary N) is 3. The molecular weight excluding hydrogens is 280 g/mol. The molecule has 0 amide bonds. The summed E-state index contributed by atoms with van der Waals surface area (Å²) in [5.41, 5.74) is -0.629. The van der Waals surface area contributed by atoms with Crippen LogP contribution in [0, 0.1) is 0 Å². The fraction of sp³-hybridized carbons (Fsp3) is 0.917. The second kappa shape index (κ2) is 9.15. The quantitative estimate of drug-likeness (QED) is 0.314. The molecule has 0 radical (unpaired) electrons. The first-order valence-corrected chi connectivity index (χ1v) is 8.68. The van der Waals surface area contributed by atoms with Crippen LogP contribution in [-0.4, -0.2) is 59.0 Å². The Balaban J connectivity index is 4.44. The first-order chi connectivity index (χ1) is 9.20. The van der Waals surface area contributed by atoms with Gasteiger partial charge in [-0.1, -0.05) is 0 Å². The van der Waals surface area contributed by atoms with Crippen LogP contribution in [0.1, 0.15) is 27.7 Å². The van der Waals surface area contributed by atoms with E-state index in [1.54, 1.807) is 13.8 Å². The number of rotatable bonds is 9. The van der Waals surface area contributed by atoms with Crippen LogP contribution in [0.25, 0.3) is 0 Å². The molecule has 0 unspecified atom stereocenters. The monoisotopic (exact) mass is 308 g/mol. The van der Waals surface area contributed by atoms with Crippen LogP contribution in [0.3, 0.4) is 0 Å². The van der Waals surface area contributed by atoms with Crippen LogP contribution >= 0.6 is 0 Å². The van der Waals surface area contributed by atoms with Gasteiger partial charge >= 0.3 is 0 Å². The molecule has 0 aliphatic carbocycles. The number of hydrogen-bond acceptors (Lipinski definition) is 4. The van der Waals surface area contributed by atoms with E-state index in [9.17, 15) is 8.42 Å². The summed E-state index contributed by atoms with van der Waals surface area (Å²) in [5, 5.41) is 6.23. The third kappa shape index (κ3) is 11.0. The fourth-order valence-electron chi connectivity index (χ4n) is 1.54. The third-order valence-electron chi connectivity index (χ3n) is 2.18. The topological polar surface area (TPSA) is 91.8 Å². The van der Waals surface area contributed by atoms with E-state index in [4.69, 9.17) is 4.74 Å². The Labute approximate surface area is 122 Å². The molecule has 0 rings (SSSR count). The Morgan fingerprint density at radius 3 is 2.40 bits per heavy atom. The fourth-order valence-corrected chi connectivity index (χ4v) is 2.61. The molecular formula is C12H28N4O3S. The van der Waals surface area contributed by atoms with Gasteiger partial charge in [-0.3, -0.25) is 4.99 Å². The van der Waals surface area contributed by atoms with Crippen LogP contribution in [0.5, 0.6) is 0 Å². The van der Waals surface area contributed by atoms with E-state index < -0.39 is 15.6 Å². The first-order valence-electron chi connectivity index (χ1n) is 6.79. The van der Waals surface area contributed by atoms with Crippen molar-refractivity contribution in [3.8, 4) is 0 Å². The molecule has 0 atom stereocenters. The number of ether oxygens (including phenoxy) is 1.